The molecule has 1 aromatic carbocycles. The molecule has 0 radical (unpaired) electrons. The van der Waals surface area contributed by atoms with E-state index in [1.54, 1.807) is 0 Å². The van der Waals surface area contributed by atoms with Crippen LogP contribution in [0.2, 0.25) is 0 Å². The molecule has 2 heterocycles. The summed E-state index contributed by atoms with van der Waals surface area (Å²) in [6, 6.07) is 8.40. The van der Waals surface area contributed by atoms with Gasteiger partial charge in [0.15, 0.2) is 5.96 Å². The average Bonchev–Trinajstić information content (AvgIpc) is 2.99. The molecule has 0 fully saturated rings. The van der Waals surface area contributed by atoms with E-state index in [9.17, 15) is 0 Å². The van der Waals surface area contributed by atoms with Crippen LogP contribution in [0.25, 0.3) is 0 Å². The first kappa shape index (κ1) is 21.5. The van der Waals surface area contributed by atoms with Crippen molar-refractivity contribution in [3.05, 3.63) is 46.8 Å². The lowest BCUT2D eigenvalue weighted by molar-refractivity contribution is 0.261. The maximum atomic E-state index is 5.75. The molecule has 148 valence electrons. The van der Waals surface area contributed by atoms with Gasteiger partial charge in [-0.15, -0.1) is 24.0 Å². The zero-order valence-corrected chi connectivity index (χ0v) is 18.9. The molecule has 3 rings (SSSR count). The van der Waals surface area contributed by atoms with Gasteiger partial charge in [-0.25, -0.2) is 0 Å². The van der Waals surface area contributed by atoms with Crippen LogP contribution in [0.5, 0.6) is 5.75 Å². The molecule has 2 N–H and O–H groups in total. The van der Waals surface area contributed by atoms with E-state index >= 15 is 0 Å². The van der Waals surface area contributed by atoms with Crippen LogP contribution < -0.4 is 15.4 Å². The fourth-order valence-electron chi connectivity index (χ4n) is 3.62. The highest BCUT2D eigenvalue weighted by molar-refractivity contribution is 14.0. The molecule has 1 aliphatic heterocycles. The molecule has 1 aliphatic rings. The van der Waals surface area contributed by atoms with Crippen molar-refractivity contribution < 1.29 is 4.74 Å². The Hall–Kier alpha value is -1.77. The van der Waals surface area contributed by atoms with Gasteiger partial charge < -0.3 is 15.4 Å². The molecule has 0 bridgehead atoms. The smallest absolute Gasteiger partial charge is 0.191 e. The second-order valence-electron chi connectivity index (χ2n) is 6.50. The van der Waals surface area contributed by atoms with Gasteiger partial charge in [0.25, 0.3) is 0 Å². The van der Waals surface area contributed by atoms with E-state index in [-0.39, 0.29) is 30.0 Å². The van der Waals surface area contributed by atoms with Gasteiger partial charge in [-0.1, -0.05) is 32.0 Å². The minimum atomic E-state index is 0. The average molecular weight is 483 g/mol. The monoisotopic (exact) mass is 483 g/mol. The summed E-state index contributed by atoms with van der Waals surface area (Å²) in [6.07, 6.45) is 2.83. The SMILES string of the molecule is CCc1nn(C)c(CC)c1CNC(=NC)NC1CCOc2ccccc21.I. The minimum Gasteiger partial charge on any atom is -0.493 e. The molecule has 1 aromatic heterocycles. The summed E-state index contributed by atoms with van der Waals surface area (Å²) in [7, 11) is 3.83. The summed E-state index contributed by atoms with van der Waals surface area (Å²) in [4.78, 5) is 4.41. The summed E-state index contributed by atoms with van der Waals surface area (Å²) >= 11 is 0. The van der Waals surface area contributed by atoms with Crippen molar-refractivity contribution in [2.24, 2.45) is 12.0 Å². The Bertz CT molecular complexity index is 787. The van der Waals surface area contributed by atoms with Crippen molar-refractivity contribution in [1.82, 2.24) is 20.4 Å². The van der Waals surface area contributed by atoms with Gasteiger partial charge in [0.05, 0.1) is 18.3 Å². The molecule has 1 unspecified atom stereocenters. The molecular formula is C20H30IN5O. The van der Waals surface area contributed by atoms with E-state index in [0.717, 1.165) is 43.2 Å². The number of benzene rings is 1. The number of halogens is 1. The molecule has 0 aliphatic carbocycles. The van der Waals surface area contributed by atoms with E-state index in [4.69, 9.17) is 4.74 Å². The molecule has 6 nitrogen and oxygen atoms in total. The molecule has 7 heteroatoms. The topological polar surface area (TPSA) is 63.5 Å². The fourth-order valence-corrected chi connectivity index (χ4v) is 3.62. The number of hydrogen-bond donors (Lipinski definition) is 2. The number of hydrogen-bond acceptors (Lipinski definition) is 3. The van der Waals surface area contributed by atoms with Crippen molar-refractivity contribution in [3.63, 3.8) is 0 Å². The third kappa shape index (κ3) is 4.75. The van der Waals surface area contributed by atoms with Gasteiger partial charge in [0.1, 0.15) is 5.75 Å². The Morgan fingerprint density at radius 2 is 2.07 bits per heavy atom. The molecule has 1 atom stereocenters. The summed E-state index contributed by atoms with van der Waals surface area (Å²) < 4.78 is 7.75. The first-order chi connectivity index (χ1) is 12.7. The first-order valence-corrected chi connectivity index (χ1v) is 9.40. The van der Waals surface area contributed by atoms with Crippen LogP contribution in [0.4, 0.5) is 0 Å². The van der Waals surface area contributed by atoms with E-state index in [1.165, 1.54) is 16.8 Å². The van der Waals surface area contributed by atoms with Gasteiger partial charge in [0, 0.05) is 43.9 Å². The fraction of sp³-hybridized carbons (Fsp3) is 0.500. The Kier molecular flexibility index (Phi) is 7.94. The lowest BCUT2D eigenvalue weighted by atomic mass is 10.0. The van der Waals surface area contributed by atoms with Crippen molar-refractivity contribution in [1.29, 1.82) is 0 Å². The number of guanidine groups is 1. The number of aliphatic imine (C=N–C) groups is 1. The quantitative estimate of drug-likeness (QED) is 0.389. The van der Waals surface area contributed by atoms with Crippen LogP contribution >= 0.6 is 24.0 Å². The molecule has 27 heavy (non-hydrogen) atoms. The summed E-state index contributed by atoms with van der Waals surface area (Å²) in [5.41, 5.74) is 4.91. The standard InChI is InChI=1S/C20H29N5O.HI/c1-5-16-15(18(6-2)25(4)24-16)13-22-20(21-3)23-17-11-12-26-19-10-8-7-9-14(17)19;/h7-10,17H,5-6,11-13H2,1-4H3,(H2,21,22,23);1H. The number of rotatable bonds is 5. The van der Waals surface area contributed by atoms with Crippen LogP contribution in [0, 0.1) is 0 Å². The van der Waals surface area contributed by atoms with Gasteiger partial charge in [-0.3, -0.25) is 9.67 Å². The molecular weight excluding hydrogens is 453 g/mol. The summed E-state index contributed by atoms with van der Waals surface area (Å²) in [6.45, 7) is 5.77. The highest BCUT2D eigenvalue weighted by Crippen LogP contribution is 2.31. The Morgan fingerprint density at radius 1 is 1.30 bits per heavy atom. The third-order valence-corrected chi connectivity index (χ3v) is 4.95. The normalized spacial score (nSPS) is 16.1. The highest BCUT2D eigenvalue weighted by atomic mass is 127. The Labute approximate surface area is 178 Å². The van der Waals surface area contributed by atoms with Gasteiger partial charge >= 0.3 is 0 Å². The molecule has 2 aromatic rings. The Morgan fingerprint density at radius 3 is 2.78 bits per heavy atom. The van der Waals surface area contributed by atoms with Crippen LogP contribution in [0.3, 0.4) is 0 Å². The zero-order valence-electron chi connectivity index (χ0n) is 16.6. The number of nitrogens with zero attached hydrogens (tertiary/aromatic N) is 3. The third-order valence-electron chi connectivity index (χ3n) is 4.95. The van der Waals surface area contributed by atoms with Crippen LogP contribution in [0.15, 0.2) is 29.3 Å². The largest absolute Gasteiger partial charge is 0.493 e. The predicted octanol–water partition coefficient (Wildman–Crippen LogP) is 3.35. The maximum absolute atomic E-state index is 5.75. The van der Waals surface area contributed by atoms with Crippen LogP contribution in [-0.2, 0) is 26.4 Å². The molecule has 0 amide bonds. The second-order valence-corrected chi connectivity index (χ2v) is 6.50. The number of fused-ring (bicyclic) bond motifs is 1. The van der Waals surface area contributed by atoms with Crippen LogP contribution in [-0.4, -0.2) is 29.4 Å². The minimum absolute atomic E-state index is 0. The Balaban J connectivity index is 0.00000261. The van der Waals surface area contributed by atoms with E-state index in [2.05, 4.69) is 46.7 Å². The molecule has 0 spiro atoms. The maximum Gasteiger partial charge on any atom is 0.191 e. The van der Waals surface area contributed by atoms with E-state index < -0.39 is 0 Å². The number of para-hydroxylation sites is 1. The van der Waals surface area contributed by atoms with Gasteiger partial charge in [-0.2, -0.15) is 5.10 Å². The van der Waals surface area contributed by atoms with Crippen LogP contribution in [0.1, 0.15) is 48.8 Å². The number of aromatic nitrogens is 2. The lowest BCUT2D eigenvalue weighted by Crippen LogP contribution is -2.40. The zero-order chi connectivity index (χ0) is 18.5. The van der Waals surface area contributed by atoms with Crippen molar-refractivity contribution >= 4 is 29.9 Å². The number of aryl methyl sites for hydroxylation is 2. The molecule has 0 saturated heterocycles. The van der Waals surface area contributed by atoms with Gasteiger partial charge in [-0.05, 0) is 18.9 Å². The van der Waals surface area contributed by atoms with E-state index in [0.29, 0.717) is 6.61 Å². The van der Waals surface area contributed by atoms with E-state index in [1.807, 2.05) is 30.9 Å². The summed E-state index contributed by atoms with van der Waals surface area (Å²) in [5.74, 6) is 1.76. The lowest BCUT2D eigenvalue weighted by Gasteiger charge is -2.28. The number of ether oxygens (including phenoxy) is 1. The van der Waals surface area contributed by atoms with Crippen molar-refractivity contribution in [2.45, 2.75) is 45.7 Å². The molecule has 0 saturated carbocycles. The van der Waals surface area contributed by atoms with Crippen molar-refractivity contribution in [2.75, 3.05) is 13.7 Å². The second kappa shape index (κ2) is 9.96. The van der Waals surface area contributed by atoms with Gasteiger partial charge in [0.2, 0.25) is 0 Å². The highest BCUT2D eigenvalue weighted by Gasteiger charge is 2.22. The first-order valence-electron chi connectivity index (χ1n) is 9.40. The predicted molar refractivity (Wildman–Crippen MR) is 120 cm³/mol. The number of nitrogens with one attached hydrogen (secondary N) is 2. The van der Waals surface area contributed by atoms with Crippen molar-refractivity contribution in [3.8, 4) is 5.75 Å². The summed E-state index contributed by atoms with van der Waals surface area (Å²) in [5, 5.41) is 11.7.